The first-order valence-corrected chi connectivity index (χ1v) is 8.56. The topological polar surface area (TPSA) is 51.8 Å². The Balaban J connectivity index is 1.74. The molecule has 5 heteroatoms. The number of furan rings is 1. The van der Waals surface area contributed by atoms with E-state index in [1.807, 2.05) is 66.0 Å². The number of benzene rings is 2. The molecule has 0 aliphatic heterocycles. The molecular formula is C20H13NO3S. The van der Waals surface area contributed by atoms with Crippen LogP contribution < -0.4 is 0 Å². The Morgan fingerprint density at radius 3 is 2.52 bits per heavy atom. The minimum absolute atomic E-state index is 0.474. The molecule has 0 N–H and O–H groups in total. The van der Waals surface area contributed by atoms with Gasteiger partial charge in [-0.3, -0.25) is 0 Å². The second-order valence-corrected chi connectivity index (χ2v) is 6.26. The smallest absolute Gasteiger partial charge is 0.375 e. The zero-order valence-electron chi connectivity index (χ0n) is 13.1. The summed E-state index contributed by atoms with van der Waals surface area (Å²) >= 11 is 1.31. The van der Waals surface area contributed by atoms with E-state index < -0.39 is 5.97 Å². The number of fused-ring (bicyclic) bond motifs is 1. The van der Waals surface area contributed by atoms with E-state index in [1.54, 1.807) is 12.1 Å². The van der Waals surface area contributed by atoms with Gasteiger partial charge in [0, 0.05) is 10.9 Å². The molecule has 4 aromatic rings. The number of carbonyl (C=O) groups is 1. The van der Waals surface area contributed by atoms with Gasteiger partial charge < -0.3 is 9.25 Å². The zero-order valence-corrected chi connectivity index (χ0v) is 13.9. The lowest BCUT2D eigenvalue weighted by molar-refractivity contribution is 0.0522. The van der Waals surface area contributed by atoms with Crippen LogP contribution in [0.5, 0.6) is 0 Å². The summed E-state index contributed by atoms with van der Waals surface area (Å²) in [6.07, 6.45) is 0. The van der Waals surface area contributed by atoms with Crippen LogP contribution >= 0.6 is 11.3 Å². The third kappa shape index (κ3) is 3.22. The number of thiophene rings is 1. The highest BCUT2D eigenvalue weighted by Crippen LogP contribution is 2.22. The quantitative estimate of drug-likeness (QED) is 0.293. The third-order valence-electron chi connectivity index (χ3n) is 3.65. The van der Waals surface area contributed by atoms with E-state index in [2.05, 4.69) is 5.16 Å². The molecule has 0 radical (unpaired) electrons. The summed E-state index contributed by atoms with van der Waals surface area (Å²) < 4.78 is 5.89. The van der Waals surface area contributed by atoms with Crippen molar-refractivity contribution in [3.63, 3.8) is 0 Å². The monoisotopic (exact) mass is 347 g/mol. The molecule has 0 spiro atoms. The summed E-state index contributed by atoms with van der Waals surface area (Å²) in [6, 6.07) is 22.6. The Morgan fingerprint density at radius 1 is 0.960 bits per heavy atom. The van der Waals surface area contributed by atoms with Gasteiger partial charge in [-0.2, -0.15) is 0 Å². The second kappa shape index (κ2) is 6.75. The summed E-state index contributed by atoms with van der Waals surface area (Å²) in [5.41, 5.74) is 2.04. The van der Waals surface area contributed by atoms with E-state index in [4.69, 9.17) is 9.25 Å². The summed E-state index contributed by atoms with van der Waals surface area (Å²) in [4.78, 5) is 17.7. The molecule has 4 nitrogen and oxygen atoms in total. The highest BCUT2D eigenvalue weighted by Gasteiger charge is 2.15. The Hall–Kier alpha value is -3.18. The maximum atomic E-state index is 12.1. The second-order valence-electron chi connectivity index (χ2n) is 5.31. The molecule has 0 unspecified atom stereocenters. The van der Waals surface area contributed by atoms with Crippen molar-refractivity contribution in [2.75, 3.05) is 0 Å². The molecule has 0 saturated heterocycles. The molecule has 0 atom stereocenters. The van der Waals surface area contributed by atoms with Crippen LogP contribution in [0.4, 0.5) is 0 Å². The number of carbonyl (C=O) groups excluding carboxylic acids is 1. The molecule has 0 aliphatic carbocycles. The molecule has 0 aliphatic rings. The average molecular weight is 347 g/mol. The van der Waals surface area contributed by atoms with Crippen molar-refractivity contribution in [3.8, 4) is 0 Å². The Bertz CT molecular complexity index is 1000. The Kier molecular flexibility index (Phi) is 4.14. The van der Waals surface area contributed by atoms with Crippen LogP contribution in [0, 0.1) is 0 Å². The van der Waals surface area contributed by atoms with Gasteiger partial charge in [0.05, 0.1) is 0 Å². The number of hydrogen-bond donors (Lipinski definition) is 0. The number of oxime groups is 1. The van der Waals surface area contributed by atoms with Crippen molar-refractivity contribution in [3.05, 3.63) is 94.4 Å². The van der Waals surface area contributed by atoms with E-state index in [-0.39, 0.29) is 0 Å². The molecule has 2 aromatic heterocycles. The minimum atomic E-state index is -0.487. The normalized spacial score (nSPS) is 11.6. The van der Waals surface area contributed by atoms with Crippen LogP contribution in [-0.4, -0.2) is 11.7 Å². The number of rotatable bonds is 4. The molecule has 2 aromatic carbocycles. The molecule has 4 rings (SSSR count). The lowest BCUT2D eigenvalue weighted by atomic mass is 10.1. The summed E-state index contributed by atoms with van der Waals surface area (Å²) in [5, 5.41) is 6.88. The van der Waals surface area contributed by atoms with Crippen LogP contribution in [-0.2, 0) is 4.84 Å². The maximum absolute atomic E-state index is 12.1. The van der Waals surface area contributed by atoms with Gasteiger partial charge >= 0.3 is 5.97 Å². The predicted molar refractivity (Wildman–Crippen MR) is 98.0 cm³/mol. The Labute approximate surface area is 148 Å². The van der Waals surface area contributed by atoms with E-state index in [0.717, 1.165) is 16.5 Å². The van der Waals surface area contributed by atoms with Crippen LogP contribution in [0.3, 0.4) is 0 Å². The van der Waals surface area contributed by atoms with Gasteiger partial charge in [-0.05, 0) is 23.6 Å². The van der Waals surface area contributed by atoms with Crippen LogP contribution in [0.25, 0.3) is 11.0 Å². The van der Waals surface area contributed by atoms with Crippen molar-refractivity contribution in [1.29, 1.82) is 0 Å². The fourth-order valence-corrected chi connectivity index (χ4v) is 3.06. The fourth-order valence-electron chi connectivity index (χ4n) is 2.46. The van der Waals surface area contributed by atoms with Crippen molar-refractivity contribution in [2.24, 2.45) is 5.16 Å². The SMILES string of the molecule is O=C(ON=C(c1ccccc1)c1cc2ccccc2o1)c1cccs1. The van der Waals surface area contributed by atoms with E-state index in [9.17, 15) is 4.79 Å². The lowest BCUT2D eigenvalue weighted by Gasteiger charge is -2.03. The summed E-state index contributed by atoms with van der Waals surface area (Å²) in [5.74, 6) is 0.0610. The van der Waals surface area contributed by atoms with Gasteiger partial charge in [-0.1, -0.05) is 59.8 Å². The van der Waals surface area contributed by atoms with Crippen molar-refractivity contribution < 1.29 is 14.0 Å². The van der Waals surface area contributed by atoms with Gasteiger partial charge in [0.2, 0.25) is 0 Å². The first kappa shape index (κ1) is 15.4. The van der Waals surface area contributed by atoms with Gasteiger partial charge in [-0.25, -0.2) is 4.79 Å². The maximum Gasteiger partial charge on any atom is 0.375 e. The van der Waals surface area contributed by atoms with Gasteiger partial charge in [0.25, 0.3) is 0 Å². The van der Waals surface area contributed by atoms with Gasteiger partial charge in [-0.15, -0.1) is 11.3 Å². The van der Waals surface area contributed by atoms with Crippen LogP contribution in [0.1, 0.15) is 21.0 Å². The van der Waals surface area contributed by atoms with Gasteiger partial charge in [0.1, 0.15) is 10.5 Å². The summed E-state index contributed by atoms with van der Waals surface area (Å²) in [7, 11) is 0. The first-order chi connectivity index (χ1) is 12.3. The lowest BCUT2D eigenvalue weighted by Crippen LogP contribution is -2.06. The Morgan fingerprint density at radius 2 is 1.76 bits per heavy atom. The van der Waals surface area contributed by atoms with E-state index in [1.165, 1.54) is 11.3 Å². The van der Waals surface area contributed by atoms with Crippen molar-refractivity contribution in [2.45, 2.75) is 0 Å². The largest absolute Gasteiger partial charge is 0.454 e. The molecule has 0 amide bonds. The number of hydrogen-bond acceptors (Lipinski definition) is 5. The van der Waals surface area contributed by atoms with Crippen LogP contribution in [0.15, 0.2) is 87.7 Å². The average Bonchev–Trinajstić information content (AvgIpc) is 3.32. The molecule has 0 bridgehead atoms. The van der Waals surface area contributed by atoms with Crippen LogP contribution in [0.2, 0.25) is 0 Å². The fraction of sp³-hybridized carbons (Fsp3) is 0. The number of para-hydroxylation sites is 1. The highest BCUT2D eigenvalue weighted by atomic mass is 32.1. The molecule has 0 fully saturated rings. The van der Waals surface area contributed by atoms with Crippen molar-refractivity contribution >= 4 is 34.0 Å². The van der Waals surface area contributed by atoms with Gasteiger partial charge in [0.15, 0.2) is 11.5 Å². The summed E-state index contributed by atoms with van der Waals surface area (Å²) in [6.45, 7) is 0. The van der Waals surface area contributed by atoms with E-state index >= 15 is 0 Å². The van der Waals surface area contributed by atoms with E-state index in [0.29, 0.717) is 16.3 Å². The molecule has 122 valence electrons. The standard InChI is InChI=1S/C20H13NO3S/c22-20(18-11-6-12-25-18)24-21-19(14-7-2-1-3-8-14)17-13-15-9-4-5-10-16(15)23-17/h1-13H. The third-order valence-corrected chi connectivity index (χ3v) is 4.50. The number of nitrogens with zero attached hydrogens (tertiary/aromatic N) is 1. The first-order valence-electron chi connectivity index (χ1n) is 7.68. The molecular weight excluding hydrogens is 334 g/mol. The van der Waals surface area contributed by atoms with Crippen molar-refractivity contribution in [1.82, 2.24) is 0 Å². The zero-order chi connectivity index (χ0) is 17.1. The molecule has 0 saturated carbocycles. The minimum Gasteiger partial charge on any atom is -0.454 e. The molecule has 25 heavy (non-hydrogen) atoms. The predicted octanol–water partition coefficient (Wildman–Crippen LogP) is 5.10. The highest BCUT2D eigenvalue weighted by molar-refractivity contribution is 7.11. The molecule has 2 heterocycles.